The van der Waals surface area contributed by atoms with Crippen molar-refractivity contribution in [3.05, 3.63) is 77.4 Å². The van der Waals surface area contributed by atoms with Crippen LogP contribution in [-0.2, 0) is 16.0 Å². The molecule has 2 heterocycles. The standard InChI is InChI=1S/C30H36N2O5/c1-5-16-36-24-11-8-10-21(19-24)27-26(28(33)22-12-13-25-23(18-22)17-20(4)37-25)29(34)30(35)32(27)15-9-14-31(6-2)7-3/h5,8,10-13,18-20,27,33H,1,6-7,9,14-17H2,2-4H3/b28-26+/t20-,27-/m0/s1. The zero-order valence-electron chi connectivity index (χ0n) is 21.9. The fourth-order valence-electron chi connectivity index (χ4n) is 5.12. The fourth-order valence-corrected chi connectivity index (χ4v) is 5.12. The van der Waals surface area contributed by atoms with Gasteiger partial charge in [0.2, 0.25) is 0 Å². The lowest BCUT2D eigenvalue weighted by molar-refractivity contribution is -0.140. The van der Waals surface area contributed by atoms with Crippen LogP contribution in [-0.4, -0.2) is 65.5 Å². The minimum absolute atomic E-state index is 0.0575. The van der Waals surface area contributed by atoms with Crippen molar-refractivity contribution in [3.63, 3.8) is 0 Å². The van der Waals surface area contributed by atoms with E-state index in [1.165, 1.54) is 0 Å². The first-order valence-electron chi connectivity index (χ1n) is 13.0. The molecule has 37 heavy (non-hydrogen) atoms. The summed E-state index contributed by atoms with van der Waals surface area (Å²) in [7, 11) is 0. The predicted molar refractivity (Wildman–Crippen MR) is 144 cm³/mol. The second-order valence-corrected chi connectivity index (χ2v) is 9.50. The van der Waals surface area contributed by atoms with E-state index in [1.807, 2.05) is 43.3 Å². The van der Waals surface area contributed by atoms with E-state index < -0.39 is 17.7 Å². The molecular formula is C30H36N2O5. The second kappa shape index (κ2) is 11.6. The van der Waals surface area contributed by atoms with Gasteiger partial charge in [-0.2, -0.15) is 0 Å². The van der Waals surface area contributed by atoms with Crippen LogP contribution in [0.15, 0.2) is 60.7 Å². The third-order valence-electron chi connectivity index (χ3n) is 7.02. The highest BCUT2D eigenvalue weighted by molar-refractivity contribution is 6.46. The molecule has 0 spiro atoms. The number of ether oxygens (including phenoxy) is 2. The molecular weight excluding hydrogens is 468 g/mol. The monoisotopic (exact) mass is 504 g/mol. The van der Waals surface area contributed by atoms with Crippen molar-refractivity contribution in [2.24, 2.45) is 0 Å². The van der Waals surface area contributed by atoms with Gasteiger partial charge in [-0.3, -0.25) is 9.59 Å². The number of Topliss-reactive ketones (excluding diaryl/α,β-unsaturated/α-hetero) is 1. The van der Waals surface area contributed by atoms with Crippen molar-refractivity contribution in [2.45, 2.75) is 45.8 Å². The van der Waals surface area contributed by atoms with Crippen molar-refractivity contribution in [1.29, 1.82) is 0 Å². The summed E-state index contributed by atoms with van der Waals surface area (Å²) >= 11 is 0. The number of nitrogens with zero attached hydrogens (tertiary/aromatic N) is 2. The van der Waals surface area contributed by atoms with Gasteiger partial charge in [0, 0.05) is 18.5 Å². The van der Waals surface area contributed by atoms with Crippen LogP contribution < -0.4 is 9.47 Å². The van der Waals surface area contributed by atoms with Crippen LogP contribution in [0.1, 0.15) is 49.9 Å². The topological polar surface area (TPSA) is 79.3 Å². The molecule has 0 aliphatic carbocycles. The Hall–Kier alpha value is -3.58. The molecule has 2 aromatic carbocycles. The van der Waals surface area contributed by atoms with E-state index in [9.17, 15) is 14.7 Å². The summed E-state index contributed by atoms with van der Waals surface area (Å²) in [5, 5.41) is 11.4. The second-order valence-electron chi connectivity index (χ2n) is 9.50. The summed E-state index contributed by atoms with van der Waals surface area (Å²) < 4.78 is 11.5. The van der Waals surface area contributed by atoms with Gasteiger partial charge in [-0.25, -0.2) is 0 Å². The van der Waals surface area contributed by atoms with E-state index in [-0.39, 0.29) is 17.4 Å². The maximum atomic E-state index is 13.4. The molecule has 0 unspecified atom stereocenters. The van der Waals surface area contributed by atoms with Crippen LogP contribution in [0.2, 0.25) is 0 Å². The Kier molecular flexibility index (Phi) is 8.34. The number of carbonyl (C=O) groups excluding carboxylic acids is 2. The van der Waals surface area contributed by atoms with Crippen molar-refractivity contribution in [2.75, 3.05) is 32.8 Å². The van der Waals surface area contributed by atoms with Crippen molar-refractivity contribution in [3.8, 4) is 11.5 Å². The Morgan fingerprint density at radius 3 is 2.73 bits per heavy atom. The minimum atomic E-state index is -0.715. The van der Waals surface area contributed by atoms with Gasteiger partial charge in [-0.15, -0.1) is 0 Å². The lowest BCUT2D eigenvalue weighted by Crippen LogP contribution is -2.33. The largest absolute Gasteiger partial charge is 0.507 e. The molecule has 0 aromatic heterocycles. The van der Waals surface area contributed by atoms with E-state index in [4.69, 9.17) is 9.47 Å². The average molecular weight is 505 g/mol. The first-order valence-corrected chi connectivity index (χ1v) is 13.0. The molecule has 2 atom stereocenters. The smallest absolute Gasteiger partial charge is 0.295 e. The predicted octanol–water partition coefficient (Wildman–Crippen LogP) is 4.73. The van der Waals surface area contributed by atoms with E-state index in [0.717, 1.165) is 37.4 Å². The van der Waals surface area contributed by atoms with Gasteiger partial charge in [0.1, 0.15) is 30.0 Å². The number of benzene rings is 2. The molecule has 1 saturated heterocycles. The summed E-state index contributed by atoms with van der Waals surface area (Å²) in [6.07, 6.45) is 3.15. The number of amides is 1. The quantitative estimate of drug-likeness (QED) is 0.206. The van der Waals surface area contributed by atoms with Crippen molar-refractivity contribution >= 4 is 17.4 Å². The molecule has 7 heteroatoms. The van der Waals surface area contributed by atoms with Gasteiger partial charge >= 0.3 is 0 Å². The van der Waals surface area contributed by atoms with Crippen molar-refractivity contribution in [1.82, 2.24) is 9.80 Å². The lowest BCUT2D eigenvalue weighted by Gasteiger charge is -2.27. The molecule has 7 nitrogen and oxygen atoms in total. The Bertz CT molecular complexity index is 1200. The summed E-state index contributed by atoms with van der Waals surface area (Å²) in [5.74, 6) is -0.0526. The number of aliphatic hydroxyl groups excluding tert-OH is 1. The van der Waals surface area contributed by atoms with Crippen LogP contribution >= 0.6 is 0 Å². The molecule has 196 valence electrons. The molecule has 2 aliphatic rings. The van der Waals surface area contributed by atoms with E-state index >= 15 is 0 Å². The first kappa shape index (κ1) is 26.5. The van der Waals surface area contributed by atoms with Crippen LogP contribution in [0.3, 0.4) is 0 Å². The van der Waals surface area contributed by atoms with Crippen LogP contribution in [0.4, 0.5) is 0 Å². The molecule has 2 aromatic rings. The highest BCUT2D eigenvalue weighted by Crippen LogP contribution is 2.41. The Morgan fingerprint density at radius 1 is 1.22 bits per heavy atom. The Labute approximate surface area is 219 Å². The van der Waals surface area contributed by atoms with Gasteiger partial charge in [0.15, 0.2) is 0 Å². The molecule has 1 N–H and O–H groups in total. The van der Waals surface area contributed by atoms with Crippen LogP contribution in [0.25, 0.3) is 5.76 Å². The number of ketones is 1. The number of likely N-dealkylation sites (tertiary alicyclic amines) is 1. The summed E-state index contributed by atoms with van der Waals surface area (Å²) in [4.78, 5) is 30.5. The maximum Gasteiger partial charge on any atom is 0.295 e. The first-order chi connectivity index (χ1) is 17.9. The molecule has 0 bridgehead atoms. The zero-order chi connectivity index (χ0) is 26.5. The van der Waals surface area contributed by atoms with Crippen molar-refractivity contribution < 1.29 is 24.2 Å². The lowest BCUT2D eigenvalue weighted by atomic mass is 9.94. The van der Waals surface area contributed by atoms with Gasteiger partial charge in [0.05, 0.1) is 11.6 Å². The van der Waals surface area contributed by atoms with Gasteiger partial charge in [-0.1, -0.05) is 38.6 Å². The van der Waals surface area contributed by atoms with E-state index in [2.05, 4.69) is 25.3 Å². The van der Waals surface area contributed by atoms with Gasteiger partial charge in [-0.05, 0) is 74.4 Å². The number of carbonyl (C=O) groups is 2. The molecule has 1 fully saturated rings. The summed E-state index contributed by atoms with van der Waals surface area (Å²) in [6.45, 7) is 13.3. The van der Waals surface area contributed by atoms with Crippen LogP contribution in [0, 0.1) is 0 Å². The number of rotatable bonds is 11. The number of fused-ring (bicyclic) bond motifs is 1. The van der Waals surface area contributed by atoms with E-state index in [0.29, 0.717) is 36.4 Å². The number of hydrogen-bond acceptors (Lipinski definition) is 6. The number of aliphatic hydroxyl groups is 1. The highest BCUT2D eigenvalue weighted by Gasteiger charge is 2.46. The molecule has 1 amide bonds. The minimum Gasteiger partial charge on any atom is -0.507 e. The van der Waals surface area contributed by atoms with Gasteiger partial charge < -0.3 is 24.4 Å². The normalized spacial score (nSPS) is 20.3. The molecule has 4 rings (SSSR count). The third kappa shape index (κ3) is 5.57. The third-order valence-corrected chi connectivity index (χ3v) is 7.02. The average Bonchev–Trinajstić information content (AvgIpc) is 3.40. The van der Waals surface area contributed by atoms with Crippen LogP contribution in [0.5, 0.6) is 11.5 Å². The highest BCUT2D eigenvalue weighted by atomic mass is 16.5. The molecule has 0 radical (unpaired) electrons. The Morgan fingerprint density at radius 2 is 2.00 bits per heavy atom. The summed E-state index contributed by atoms with van der Waals surface area (Å²) in [5.41, 5.74) is 2.28. The SMILES string of the molecule is C=CCOc1cccc([C@H]2/C(=C(\O)c3ccc4c(c3)C[C@H](C)O4)C(=O)C(=O)N2CCCN(CC)CC)c1. The summed E-state index contributed by atoms with van der Waals surface area (Å²) in [6, 6.07) is 12.0. The molecule has 2 aliphatic heterocycles. The maximum absolute atomic E-state index is 13.4. The van der Waals surface area contributed by atoms with E-state index in [1.54, 1.807) is 17.0 Å². The van der Waals surface area contributed by atoms with Gasteiger partial charge in [0.25, 0.3) is 11.7 Å². The zero-order valence-corrected chi connectivity index (χ0v) is 21.9. The fraction of sp³-hybridized carbons (Fsp3) is 0.400. The molecule has 0 saturated carbocycles. The Balaban J connectivity index is 1.74. The number of hydrogen-bond donors (Lipinski definition) is 1.